The highest BCUT2D eigenvalue weighted by molar-refractivity contribution is 7.99. The summed E-state index contributed by atoms with van der Waals surface area (Å²) in [5.74, 6) is 1.05. The molecule has 0 radical (unpaired) electrons. The van der Waals surface area contributed by atoms with Crippen molar-refractivity contribution in [2.75, 3.05) is 12.3 Å². The Labute approximate surface area is 107 Å². The molecule has 1 aliphatic carbocycles. The molecule has 1 aromatic rings. The smallest absolute Gasteiger partial charge is 0.209 e. The molecule has 5 nitrogen and oxygen atoms in total. The van der Waals surface area contributed by atoms with Gasteiger partial charge in [0.1, 0.15) is 0 Å². The van der Waals surface area contributed by atoms with Gasteiger partial charge in [-0.2, -0.15) is 0 Å². The molecule has 1 N–H and O–H groups in total. The van der Waals surface area contributed by atoms with E-state index < -0.39 is 0 Å². The van der Waals surface area contributed by atoms with Gasteiger partial charge in [-0.05, 0) is 42.7 Å². The minimum Gasteiger partial charge on any atom is -0.313 e. The van der Waals surface area contributed by atoms with E-state index >= 15 is 0 Å². The number of thioether (sulfide) groups is 1. The molecule has 2 rings (SSSR count). The van der Waals surface area contributed by atoms with E-state index in [0.717, 1.165) is 23.9 Å². The van der Waals surface area contributed by atoms with E-state index in [2.05, 4.69) is 34.7 Å². The molecule has 1 fully saturated rings. The van der Waals surface area contributed by atoms with Gasteiger partial charge >= 0.3 is 0 Å². The summed E-state index contributed by atoms with van der Waals surface area (Å²) < 4.78 is 1.98. The molecule has 1 atom stereocenters. The largest absolute Gasteiger partial charge is 0.313 e. The van der Waals surface area contributed by atoms with Crippen LogP contribution in [0.5, 0.6) is 0 Å². The lowest BCUT2D eigenvalue weighted by atomic mass is 10.2. The molecule has 1 aromatic heterocycles. The Bertz CT molecular complexity index is 336. The van der Waals surface area contributed by atoms with E-state index in [-0.39, 0.29) is 0 Å². The number of aromatic nitrogens is 4. The van der Waals surface area contributed by atoms with Crippen LogP contribution in [-0.2, 0) is 0 Å². The summed E-state index contributed by atoms with van der Waals surface area (Å²) in [6, 6.07) is 1.13. The average molecular weight is 255 g/mol. The molecule has 0 aliphatic heterocycles. The molecule has 6 heteroatoms. The van der Waals surface area contributed by atoms with E-state index in [1.54, 1.807) is 11.8 Å². The predicted octanol–water partition coefficient (Wildman–Crippen LogP) is 1.88. The molecule has 0 saturated heterocycles. The van der Waals surface area contributed by atoms with Crippen molar-refractivity contribution < 1.29 is 0 Å². The fourth-order valence-corrected chi connectivity index (χ4v) is 2.79. The van der Waals surface area contributed by atoms with Crippen LogP contribution in [0, 0.1) is 0 Å². The summed E-state index contributed by atoms with van der Waals surface area (Å²) >= 11 is 1.77. The van der Waals surface area contributed by atoms with Crippen molar-refractivity contribution in [2.24, 2.45) is 0 Å². The van der Waals surface area contributed by atoms with Crippen LogP contribution in [0.4, 0.5) is 0 Å². The molecule has 1 saturated carbocycles. The van der Waals surface area contributed by atoms with Gasteiger partial charge in [0, 0.05) is 11.8 Å². The molecule has 0 spiro atoms. The van der Waals surface area contributed by atoms with Crippen molar-refractivity contribution in [1.82, 2.24) is 25.5 Å². The molecular formula is C11H21N5S. The standard InChI is InChI=1S/C11H21N5S/c1-3-7-12-9(4-2)8-17-11-13-14-15-16(11)10-5-6-10/h9-10,12H,3-8H2,1-2H3. The third-order valence-corrected chi connectivity index (χ3v) is 4.04. The van der Waals surface area contributed by atoms with E-state index in [0.29, 0.717) is 12.1 Å². The summed E-state index contributed by atoms with van der Waals surface area (Å²) in [5.41, 5.74) is 0. The first-order chi connectivity index (χ1) is 8.35. The maximum Gasteiger partial charge on any atom is 0.209 e. The van der Waals surface area contributed by atoms with Gasteiger partial charge in [0.2, 0.25) is 5.16 Å². The lowest BCUT2D eigenvalue weighted by Gasteiger charge is -2.15. The Hall–Kier alpha value is -0.620. The third-order valence-electron chi connectivity index (χ3n) is 2.94. The molecule has 0 bridgehead atoms. The second-order valence-corrected chi connectivity index (χ2v) is 5.49. The number of nitrogens with zero attached hydrogens (tertiary/aromatic N) is 4. The van der Waals surface area contributed by atoms with Gasteiger partial charge in [-0.1, -0.05) is 25.6 Å². The summed E-state index contributed by atoms with van der Waals surface area (Å²) in [7, 11) is 0. The number of hydrogen-bond donors (Lipinski definition) is 1. The fraction of sp³-hybridized carbons (Fsp3) is 0.909. The normalized spacial score (nSPS) is 17.3. The first-order valence-corrected chi connectivity index (χ1v) is 7.47. The molecule has 1 aliphatic rings. The van der Waals surface area contributed by atoms with E-state index in [1.165, 1.54) is 19.3 Å². The Morgan fingerprint density at radius 3 is 2.94 bits per heavy atom. The maximum absolute atomic E-state index is 4.10. The van der Waals surface area contributed by atoms with Crippen LogP contribution in [0.1, 0.15) is 45.6 Å². The number of tetrazole rings is 1. The van der Waals surface area contributed by atoms with Crippen LogP contribution in [0.3, 0.4) is 0 Å². The highest BCUT2D eigenvalue weighted by atomic mass is 32.2. The van der Waals surface area contributed by atoms with Gasteiger partial charge < -0.3 is 5.32 Å². The highest BCUT2D eigenvalue weighted by Gasteiger charge is 2.28. The molecular weight excluding hydrogens is 234 g/mol. The Kier molecular flexibility index (Phi) is 4.79. The minimum atomic E-state index is 0.560. The zero-order chi connectivity index (χ0) is 12.1. The van der Waals surface area contributed by atoms with Gasteiger partial charge in [-0.15, -0.1) is 5.10 Å². The summed E-state index contributed by atoms with van der Waals surface area (Å²) in [4.78, 5) is 0. The van der Waals surface area contributed by atoms with E-state index in [1.807, 2.05) is 4.68 Å². The predicted molar refractivity (Wildman–Crippen MR) is 69.2 cm³/mol. The van der Waals surface area contributed by atoms with Crippen LogP contribution in [0.15, 0.2) is 5.16 Å². The zero-order valence-electron chi connectivity index (χ0n) is 10.6. The topological polar surface area (TPSA) is 55.6 Å². The van der Waals surface area contributed by atoms with Crippen molar-refractivity contribution >= 4 is 11.8 Å². The Morgan fingerprint density at radius 2 is 2.29 bits per heavy atom. The summed E-state index contributed by atoms with van der Waals surface area (Å²) in [5, 5.41) is 16.5. The van der Waals surface area contributed by atoms with Gasteiger partial charge in [0.25, 0.3) is 0 Å². The van der Waals surface area contributed by atoms with Gasteiger partial charge in [-0.3, -0.25) is 0 Å². The van der Waals surface area contributed by atoms with Crippen LogP contribution in [0.2, 0.25) is 0 Å². The van der Waals surface area contributed by atoms with E-state index in [9.17, 15) is 0 Å². The van der Waals surface area contributed by atoms with Crippen LogP contribution in [-0.4, -0.2) is 38.5 Å². The second kappa shape index (κ2) is 6.35. The maximum atomic E-state index is 4.10. The van der Waals surface area contributed by atoms with Crippen LogP contribution >= 0.6 is 11.8 Å². The number of rotatable bonds is 8. The number of nitrogens with one attached hydrogen (secondary N) is 1. The first kappa shape index (κ1) is 12.8. The monoisotopic (exact) mass is 255 g/mol. The summed E-state index contributed by atoms with van der Waals surface area (Å²) in [6.45, 7) is 5.50. The fourth-order valence-electron chi connectivity index (χ4n) is 1.67. The van der Waals surface area contributed by atoms with Gasteiger partial charge in [0.15, 0.2) is 0 Å². The van der Waals surface area contributed by atoms with Crippen LogP contribution < -0.4 is 5.32 Å². The highest BCUT2D eigenvalue weighted by Crippen LogP contribution is 2.36. The zero-order valence-corrected chi connectivity index (χ0v) is 11.4. The molecule has 0 amide bonds. The summed E-state index contributed by atoms with van der Waals surface area (Å²) in [6.07, 6.45) is 4.78. The molecule has 1 unspecified atom stereocenters. The lowest BCUT2D eigenvalue weighted by molar-refractivity contribution is 0.536. The molecule has 1 heterocycles. The Morgan fingerprint density at radius 1 is 1.47 bits per heavy atom. The minimum absolute atomic E-state index is 0.560. The van der Waals surface area contributed by atoms with Crippen molar-refractivity contribution in [3.63, 3.8) is 0 Å². The van der Waals surface area contributed by atoms with E-state index in [4.69, 9.17) is 0 Å². The SMILES string of the molecule is CCCNC(CC)CSc1nnnn1C1CC1. The molecule has 96 valence electrons. The number of hydrogen-bond acceptors (Lipinski definition) is 5. The lowest BCUT2D eigenvalue weighted by Crippen LogP contribution is -2.31. The molecule has 0 aromatic carbocycles. The second-order valence-electron chi connectivity index (χ2n) is 4.51. The Balaban J connectivity index is 1.81. The van der Waals surface area contributed by atoms with Crippen molar-refractivity contribution in [3.8, 4) is 0 Å². The van der Waals surface area contributed by atoms with Crippen molar-refractivity contribution in [2.45, 2.75) is 56.8 Å². The van der Waals surface area contributed by atoms with Crippen LogP contribution in [0.25, 0.3) is 0 Å². The molecule has 17 heavy (non-hydrogen) atoms. The quantitative estimate of drug-likeness (QED) is 0.719. The first-order valence-electron chi connectivity index (χ1n) is 6.49. The van der Waals surface area contributed by atoms with Gasteiger partial charge in [-0.25, -0.2) is 4.68 Å². The van der Waals surface area contributed by atoms with Crippen molar-refractivity contribution in [1.29, 1.82) is 0 Å². The third kappa shape index (κ3) is 3.67. The van der Waals surface area contributed by atoms with Crippen molar-refractivity contribution in [3.05, 3.63) is 0 Å². The van der Waals surface area contributed by atoms with Gasteiger partial charge in [0.05, 0.1) is 6.04 Å². The average Bonchev–Trinajstić information content (AvgIpc) is 3.09.